The van der Waals surface area contributed by atoms with E-state index in [1.54, 1.807) is 0 Å². The summed E-state index contributed by atoms with van der Waals surface area (Å²) in [5.41, 5.74) is 1.13. The number of para-hydroxylation sites is 1. The summed E-state index contributed by atoms with van der Waals surface area (Å²) in [6.45, 7) is 10.2. The molecule has 1 atom stereocenters. The number of ether oxygens (including phenoxy) is 1. The Morgan fingerprint density at radius 3 is 2.67 bits per heavy atom. The van der Waals surface area contributed by atoms with Crippen molar-refractivity contribution in [1.82, 2.24) is 15.1 Å². The van der Waals surface area contributed by atoms with Crippen LogP contribution in [0.2, 0.25) is 0 Å². The quantitative estimate of drug-likeness (QED) is 0.737. The van der Waals surface area contributed by atoms with Crippen molar-refractivity contribution in [3.63, 3.8) is 0 Å². The molecule has 0 spiro atoms. The van der Waals surface area contributed by atoms with E-state index in [9.17, 15) is 4.79 Å². The predicted octanol–water partition coefficient (Wildman–Crippen LogP) is 1.77. The Hall–Kier alpha value is -1.59. The van der Waals surface area contributed by atoms with E-state index in [2.05, 4.69) is 29.1 Å². The second-order valence-electron chi connectivity index (χ2n) is 6.51. The molecule has 2 rings (SSSR count). The average Bonchev–Trinajstić information content (AvgIpc) is 2.60. The van der Waals surface area contributed by atoms with Crippen molar-refractivity contribution in [2.24, 2.45) is 0 Å². The van der Waals surface area contributed by atoms with E-state index in [1.165, 1.54) is 0 Å². The Morgan fingerprint density at radius 1 is 1.25 bits per heavy atom. The molecular formula is C19H31N3O2. The standard InChI is InChI=1S/C19H31N3O2/c1-4-17-8-5-6-9-18(17)24-16(2)19(23)20-10-7-11-22-14-12-21(3)13-15-22/h5-6,8-9,16H,4,7,10-15H2,1-3H3,(H,20,23)/t16-/m1/s1. The van der Waals surface area contributed by atoms with Crippen molar-refractivity contribution >= 4 is 5.91 Å². The lowest BCUT2D eigenvalue weighted by molar-refractivity contribution is -0.127. The molecule has 134 valence electrons. The summed E-state index contributed by atoms with van der Waals surface area (Å²) in [7, 11) is 2.16. The van der Waals surface area contributed by atoms with Gasteiger partial charge in [0.1, 0.15) is 5.75 Å². The number of hydrogen-bond donors (Lipinski definition) is 1. The van der Waals surface area contributed by atoms with Gasteiger partial charge in [-0.05, 0) is 45.0 Å². The van der Waals surface area contributed by atoms with Gasteiger partial charge in [0.15, 0.2) is 6.10 Å². The van der Waals surface area contributed by atoms with E-state index >= 15 is 0 Å². The third-order valence-corrected chi connectivity index (χ3v) is 4.57. The highest BCUT2D eigenvalue weighted by Crippen LogP contribution is 2.19. The number of likely N-dealkylation sites (N-methyl/N-ethyl adjacent to an activating group) is 1. The highest BCUT2D eigenvalue weighted by atomic mass is 16.5. The fraction of sp³-hybridized carbons (Fsp3) is 0.632. The minimum Gasteiger partial charge on any atom is -0.481 e. The smallest absolute Gasteiger partial charge is 0.260 e. The molecule has 1 aliphatic rings. The van der Waals surface area contributed by atoms with Crippen molar-refractivity contribution in [2.75, 3.05) is 46.3 Å². The second-order valence-corrected chi connectivity index (χ2v) is 6.51. The number of aryl methyl sites for hydroxylation is 1. The molecule has 24 heavy (non-hydrogen) atoms. The molecule has 1 aromatic rings. The second kappa shape index (κ2) is 9.64. The van der Waals surface area contributed by atoms with E-state index in [4.69, 9.17) is 4.74 Å². The molecule has 1 heterocycles. The topological polar surface area (TPSA) is 44.8 Å². The summed E-state index contributed by atoms with van der Waals surface area (Å²) in [5.74, 6) is 0.763. The van der Waals surface area contributed by atoms with Crippen molar-refractivity contribution in [3.8, 4) is 5.75 Å². The third kappa shape index (κ3) is 5.80. The lowest BCUT2D eigenvalue weighted by Crippen LogP contribution is -2.45. The predicted molar refractivity (Wildman–Crippen MR) is 97.5 cm³/mol. The molecule has 5 nitrogen and oxygen atoms in total. The van der Waals surface area contributed by atoms with Crippen molar-refractivity contribution in [2.45, 2.75) is 32.8 Å². The van der Waals surface area contributed by atoms with Gasteiger partial charge >= 0.3 is 0 Å². The van der Waals surface area contributed by atoms with Gasteiger partial charge in [0.05, 0.1) is 0 Å². The fourth-order valence-corrected chi connectivity index (χ4v) is 2.88. The first-order valence-electron chi connectivity index (χ1n) is 9.03. The van der Waals surface area contributed by atoms with Gasteiger partial charge in [-0.15, -0.1) is 0 Å². The molecule has 1 N–H and O–H groups in total. The lowest BCUT2D eigenvalue weighted by atomic mass is 10.1. The maximum Gasteiger partial charge on any atom is 0.260 e. The number of nitrogens with zero attached hydrogens (tertiary/aromatic N) is 2. The summed E-state index contributed by atoms with van der Waals surface area (Å²) < 4.78 is 5.83. The van der Waals surface area contributed by atoms with Crippen molar-refractivity contribution < 1.29 is 9.53 Å². The average molecular weight is 333 g/mol. The Bertz CT molecular complexity index is 513. The molecule has 1 amide bonds. The maximum absolute atomic E-state index is 12.2. The zero-order valence-electron chi connectivity index (χ0n) is 15.3. The van der Waals surface area contributed by atoms with Crippen LogP contribution in [0.3, 0.4) is 0 Å². The molecular weight excluding hydrogens is 302 g/mol. The molecule has 0 aromatic heterocycles. The van der Waals surface area contributed by atoms with Crippen LogP contribution in [0.4, 0.5) is 0 Å². The fourth-order valence-electron chi connectivity index (χ4n) is 2.88. The van der Waals surface area contributed by atoms with Crippen LogP contribution >= 0.6 is 0 Å². The van der Waals surface area contributed by atoms with Gasteiger partial charge in [0, 0.05) is 32.7 Å². The summed E-state index contributed by atoms with van der Waals surface area (Å²) >= 11 is 0. The van der Waals surface area contributed by atoms with E-state index in [0.29, 0.717) is 6.54 Å². The number of benzene rings is 1. The molecule has 1 fully saturated rings. The number of rotatable bonds is 8. The summed E-state index contributed by atoms with van der Waals surface area (Å²) in [4.78, 5) is 17.0. The minimum absolute atomic E-state index is 0.0423. The number of amides is 1. The Kier molecular flexibility index (Phi) is 7.53. The molecule has 1 aromatic carbocycles. The summed E-state index contributed by atoms with van der Waals surface area (Å²) in [5, 5.41) is 2.99. The van der Waals surface area contributed by atoms with E-state index < -0.39 is 6.10 Å². The number of carbonyl (C=O) groups excluding carboxylic acids is 1. The molecule has 0 saturated carbocycles. The van der Waals surface area contributed by atoms with Crippen LogP contribution in [0, 0.1) is 0 Å². The van der Waals surface area contributed by atoms with Crippen LogP contribution in [-0.2, 0) is 11.2 Å². The van der Waals surface area contributed by atoms with Crippen LogP contribution in [-0.4, -0.2) is 68.1 Å². The first kappa shape index (κ1) is 18.7. The van der Waals surface area contributed by atoms with Crippen molar-refractivity contribution in [3.05, 3.63) is 29.8 Å². The van der Waals surface area contributed by atoms with E-state index in [1.807, 2.05) is 31.2 Å². The van der Waals surface area contributed by atoms with Gasteiger partial charge in [0.25, 0.3) is 5.91 Å². The van der Waals surface area contributed by atoms with Crippen LogP contribution in [0.1, 0.15) is 25.8 Å². The molecule has 0 bridgehead atoms. The zero-order valence-corrected chi connectivity index (χ0v) is 15.3. The van der Waals surface area contributed by atoms with Gasteiger partial charge in [-0.2, -0.15) is 0 Å². The highest BCUT2D eigenvalue weighted by molar-refractivity contribution is 5.80. The third-order valence-electron chi connectivity index (χ3n) is 4.57. The summed E-state index contributed by atoms with van der Waals surface area (Å²) in [6, 6.07) is 7.90. The van der Waals surface area contributed by atoms with E-state index in [0.717, 1.165) is 56.9 Å². The number of piperazine rings is 1. The number of hydrogen-bond acceptors (Lipinski definition) is 4. The van der Waals surface area contributed by atoms with Gasteiger partial charge in [-0.1, -0.05) is 25.1 Å². The molecule has 0 unspecified atom stereocenters. The van der Waals surface area contributed by atoms with Gasteiger partial charge in [-0.3, -0.25) is 4.79 Å². The molecule has 1 aliphatic heterocycles. The monoisotopic (exact) mass is 333 g/mol. The number of carbonyl (C=O) groups is 1. The summed E-state index contributed by atoms with van der Waals surface area (Å²) in [6.07, 6.45) is 1.41. The van der Waals surface area contributed by atoms with Crippen LogP contribution in [0.5, 0.6) is 5.75 Å². The molecule has 0 radical (unpaired) electrons. The van der Waals surface area contributed by atoms with Gasteiger partial charge in [0.2, 0.25) is 0 Å². The minimum atomic E-state index is -0.471. The number of nitrogens with one attached hydrogen (secondary N) is 1. The van der Waals surface area contributed by atoms with E-state index in [-0.39, 0.29) is 5.91 Å². The zero-order chi connectivity index (χ0) is 17.4. The Labute approximate surface area is 146 Å². The SMILES string of the molecule is CCc1ccccc1O[C@H](C)C(=O)NCCCN1CCN(C)CC1. The lowest BCUT2D eigenvalue weighted by Gasteiger charge is -2.32. The van der Waals surface area contributed by atoms with Gasteiger partial charge in [-0.25, -0.2) is 0 Å². The Morgan fingerprint density at radius 2 is 1.96 bits per heavy atom. The van der Waals surface area contributed by atoms with Crippen LogP contribution in [0.25, 0.3) is 0 Å². The molecule has 0 aliphatic carbocycles. The van der Waals surface area contributed by atoms with Crippen LogP contribution in [0.15, 0.2) is 24.3 Å². The molecule has 1 saturated heterocycles. The first-order chi connectivity index (χ1) is 11.6. The van der Waals surface area contributed by atoms with Gasteiger partial charge < -0.3 is 19.9 Å². The first-order valence-corrected chi connectivity index (χ1v) is 9.03. The van der Waals surface area contributed by atoms with Crippen LogP contribution < -0.4 is 10.1 Å². The van der Waals surface area contributed by atoms with Crippen molar-refractivity contribution in [1.29, 1.82) is 0 Å². The largest absolute Gasteiger partial charge is 0.481 e. The Balaban J connectivity index is 1.66. The highest BCUT2D eigenvalue weighted by Gasteiger charge is 2.16. The molecule has 5 heteroatoms. The normalized spacial score (nSPS) is 17.5. The maximum atomic E-state index is 12.2.